The monoisotopic (exact) mass is 187 g/mol. The van der Waals surface area contributed by atoms with Crippen LogP contribution in [0.4, 0.5) is 0 Å². The molecule has 14 heavy (non-hydrogen) atoms. The van der Waals surface area contributed by atoms with E-state index in [0.29, 0.717) is 6.41 Å². The Morgan fingerprint density at radius 1 is 1.36 bits per heavy atom. The number of fused-ring (bicyclic) bond motifs is 1. The number of amides is 1. The lowest BCUT2D eigenvalue weighted by Gasteiger charge is -1.85. The van der Waals surface area contributed by atoms with Crippen LogP contribution in [0.15, 0.2) is 35.4 Å². The molecule has 0 aliphatic carbocycles. The van der Waals surface area contributed by atoms with Crippen molar-refractivity contribution in [1.82, 2.24) is 10.4 Å². The van der Waals surface area contributed by atoms with Crippen molar-refractivity contribution in [3.63, 3.8) is 0 Å². The molecule has 1 aromatic carbocycles. The van der Waals surface area contributed by atoms with Crippen molar-refractivity contribution >= 4 is 23.5 Å². The fourth-order valence-corrected chi connectivity index (χ4v) is 1.30. The number of aromatic amines is 1. The summed E-state index contributed by atoms with van der Waals surface area (Å²) in [5, 5.41) is 4.81. The summed E-state index contributed by atoms with van der Waals surface area (Å²) in [6.45, 7) is 0. The highest BCUT2D eigenvalue weighted by Crippen LogP contribution is 2.12. The fourth-order valence-electron chi connectivity index (χ4n) is 1.30. The van der Waals surface area contributed by atoms with Crippen LogP contribution < -0.4 is 5.43 Å². The van der Waals surface area contributed by atoms with Crippen LogP contribution >= 0.6 is 0 Å². The Morgan fingerprint density at radius 2 is 2.21 bits per heavy atom. The quantitative estimate of drug-likeness (QED) is 0.424. The predicted octanol–water partition coefficient (Wildman–Crippen LogP) is 1.25. The van der Waals surface area contributed by atoms with E-state index in [2.05, 4.69) is 15.5 Å². The number of nitrogens with one attached hydrogen (secondary N) is 2. The molecule has 0 saturated carbocycles. The fraction of sp³-hybridized carbons (Fsp3) is 0. The highest BCUT2D eigenvalue weighted by atomic mass is 16.1. The third-order valence-electron chi connectivity index (χ3n) is 1.88. The Balaban J connectivity index is 2.31. The lowest BCUT2D eigenvalue weighted by atomic mass is 10.2. The number of rotatable bonds is 3. The van der Waals surface area contributed by atoms with Crippen molar-refractivity contribution in [3.8, 4) is 0 Å². The van der Waals surface area contributed by atoms with E-state index in [1.54, 1.807) is 6.21 Å². The molecule has 0 unspecified atom stereocenters. The molecule has 0 fully saturated rings. The van der Waals surface area contributed by atoms with Gasteiger partial charge in [-0.25, -0.2) is 5.43 Å². The second-order valence-corrected chi connectivity index (χ2v) is 2.82. The minimum absolute atomic E-state index is 0.527. The number of H-pyrrole nitrogens is 1. The van der Waals surface area contributed by atoms with Crippen molar-refractivity contribution in [2.75, 3.05) is 0 Å². The van der Waals surface area contributed by atoms with Gasteiger partial charge in [-0.15, -0.1) is 0 Å². The molecule has 2 N–H and O–H groups in total. The van der Waals surface area contributed by atoms with E-state index in [1.807, 2.05) is 30.3 Å². The maximum Gasteiger partial charge on any atom is 0.227 e. The van der Waals surface area contributed by atoms with Gasteiger partial charge in [0.25, 0.3) is 0 Å². The van der Waals surface area contributed by atoms with Crippen molar-refractivity contribution in [3.05, 3.63) is 36.0 Å². The molecule has 0 bridgehead atoms. The van der Waals surface area contributed by atoms with Gasteiger partial charge in [-0.1, -0.05) is 18.2 Å². The van der Waals surface area contributed by atoms with Gasteiger partial charge in [0.2, 0.25) is 6.41 Å². The Labute approximate surface area is 80.6 Å². The lowest BCUT2D eigenvalue weighted by molar-refractivity contribution is -0.109. The topological polar surface area (TPSA) is 57.2 Å². The first-order valence-electron chi connectivity index (χ1n) is 4.20. The van der Waals surface area contributed by atoms with Crippen molar-refractivity contribution in [2.24, 2.45) is 5.10 Å². The van der Waals surface area contributed by atoms with E-state index in [1.165, 1.54) is 0 Å². The zero-order valence-electron chi connectivity index (χ0n) is 7.40. The molecule has 0 radical (unpaired) electrons. The van der Waals surface area contributed by atoms with Gasteiger partial charge in [0.05, 0.1) is 11.9 Å². The summed E-state index contributed by atoms with van der Waals surface area (Å²) in [5.41, 5.74) is 4.13. The molecule has 1 amide bonds. The van der Waals surface area contributed by atoms with Crippen LogP contribution in [0.2, 0.25) is 0 Å². The number of para-hydroxylation sites is 1. The van der Waals surface area contributed by atoms with E-state index in [-0.39, 0.29) is 0 Å². The Kier molecular flexibility index (Phi) is 2.27. The first kappa shape index (κ1) is 8.50. The Bertz CT molecular complexity index is 440. The highest BCUT2D eigenvalue weighted by Gasteiger charge is 1.95. The summed E-state index contributed by atoms with van der Waals surface area (Å²) in [4.78, 5) is 13.1. The van der Waals surface area contributed by atoms with E-state index >= 15 is 0 Å². The van der Waals surface area contributed by atoms with E-state index in [9.17, 15) is 4.79 Å². The Morgan fingerprint density at radius 3 is 3.00 bits per heavy atom. The van der Waals surface area contributed by atoms with Gasteiger partial charge in [-0.05, 0) is 12.1 Å². The molecule has 0 atom stereocenters. The minimum atomic E-state index is 0.527. The zero-order valence-corrected chi connectivity index (χ0v) is 7.40. The molecular weight excluding hydrogens is 178 g/mol. The summed E-state index contributed by atoms with van der Waals surface area (Å²) in [5.74, 6) is 0. The number of hydrogen-bond donors (Lipinski definition) is 2. The summed E-state index contributed by atoms with van der Waals surface area (Å²) < 4.78 is 0. The van der Waals surface area contributed by atoms with Gasteiger partial charge in [0, 0.05) is 10.9 Å². The molecule has 70 valence electrons. The molecule has 2 aromatic rings. The predicted molar refractivity (Wildman–Crippen MR) is 55.1 cm³/mol. The van der Waals surface area contributed by atoms with Gasteiger partial charge < -0.3 is 4.98 Å². The number of nitrogens with zero attached hydrogens (tertiary/aromatic N) is 1. The number of hydrogen-bond acceptors (Lipinski definition) is 2. The second kappa shape index (κ2) is 3.74. The average Bonchev–Trinajstić information content (AvgIpc) is 2.60. The molecule has 2 rings (SSSR count). The molecule has 0 saturated heterocycles. The zero-order chi connectivity index (χ0) is 9.80. The van der Waals surface area contributed by atoms with Crippen molar-refractivity contribution in [1.29, 1.82) is 0 Å². The highest BCUT2D eigenvalue weighted by molar-refractivity contribution is 5.89. The van der Waals surface area contributed by atoms with Crippen LogP contribution in [0.3, 0.4) is 0 Å². The van der Waals surface area contributed by atoms with Crippen LogP contribution in [-0.2, 0) is 4.79 Å². The van der Waals surface area contributed by atoms with Crippen molar-refractivity contribution < 1.29 is 4.79 Å². The van der Waals surface area contributed by atoms with Crippen LogP contribution in [-0.4, -0.2) is 17.6 Å². The van der Waals surface area contributed by atoms with Gasteiger partial charge in [-0.3, -0.25) is 4.79 Å². The van der Waals surface area contributed by atoms with E-state index in [4.69, 9.17) is 0 Å². The molecule has 0 aliphatic rings. The van der Waals surface area contributed by atoms with E-state index in [0.717, 1.165) is 16.6 Å². The molecule has 1 heterocycles. The van der Waals surface area contributed by atoms with E-state index < -0.39 is 0 Å². The standard InChI is InChI=1S/C10H9N3O/c14-7-12-11-6-9-5-8-3-1-2-4-10(8)13-9/h1-7,13H,(H,12,14). The number of aromatic nitrogens is 1. The van der Waals surface area contributed by atoms with Crippen LogP contribution in [0.5, 0.6) is 0 Å². The second-order valence-electron chi connectivity index (χ2n) is 2.82. The molecule has 0 aliphatic heterocycles. The minimum Gasteiger partial charge on any atom is -0.354 e. The van der Waals surface area contributed by atoms with Crippen LogP contribution in [0.25, 0.3) is 10.9 Å². The maximum absolute atomic E-state index is 9.93. The van der Waals surface area contributed by atoms with Gasteiger partial charge >= 0.3 is 0 Å². The molecule has 4 heteroatoms. The average molecular weight is 187 g/mol. The number of benzene rings is 1. The number of hydrazone groups is 1. The smallest absolute Gasteiger partial charge is 0.227 e. The first-order chi connectivity index (χ1) is 6.90. The number of carbonyl (C=O) groups excluding carboxylic acids is 1. The molecule has 0 spiro atoms. The molecule has 1 aromatic heterocycles. The summed E-state index contributed by atoms with van der Waals surface area (Å²) in [6.07, 6.45) is 2.09. The van der Waals surface area contributed by atoms with Gasteiger partial charge in [0.15, 0.2) is 0 Å². The largest absolute Gasteiger partial charge is 0.354 e. The first-order valence-corrected chi connectivity index (χ1v) is 4.20. The third kappa shape index (κ3) is 1.64. The lowest BCUT2D eigenvalue weighted by Crippen LogP contribution is -2.00. The normalized spacial score (nSPS) is 10.9. The molecular formula is C10H9N3O. The van der Waals surface area contributed by atoms with Crippen LogP contribution in [0.1, 0.15) is 5.69 Å². The molecule has 4 nitrogen and oxygen atoms in total. The SMILES string of the molecule is O=CNN=Cc1cc2ccccc2[nH]1. The number of carbonyl (C=O) groups is 1. The van der Waals surface area contributed by atoms with Crippen LogP contribution in [0, 0.1) is 0 Å². The summed E-state index contributed by atoms with van der Waals surface area (Å²) in [6, 6.07) is 9.89. The van der Waals surface area contributed by atoms with Gasteiger partial charge in [-0.2, -0.15) is 5.10 Å². The third-order valence-corrected chi connectivity index (χ3v) is 1.88. The van der Waals surface area contributed by atoms with Gasteiger partial charge in [0.1, 0.15) is 0 Å². The Hall–Kier alpha value is -2.10. The van der Waals surface area contributed by atoms with Crippen molar-refractivity contribution in [2.45, 2.75) is 0 Å². The maximum atomic E-state index is 9.93. The summed E-state index contributed by atoms with van der Waals surface area (Å²) >= 11 is 0. The summed E-state index contributed by atoms with van der Waals surface area (Å²) in [7, 11) is 0.